The molecule has 0 aliphatic rings. The molecule has 0 aliphatic heterocycles. The number of nitrogens with one attached hydrogen (secondary N) is 2. The van der Waals surface area contributed by atoms with Crippen LogP contribution < -0.4 is 21.2 Å². The second kappa shape index (κ2) is 23.0. The minimum atomic E-state index is -2.36. The molecule has 0 bridgehead atoms. The Morgan fingerprint density at radius 1 is 0.816 bits per heavy atom. The number of halogens is 5. The fourth-order valence-corrected chi connectivity index (χ4v) is 3.75. The molecule has 0 saturated carbocycles. The van der Waals surface area contributed by atoms with Crippen LogP contribution in [-0.4, -0.2) is 95.0 Å². The van der Waals surface area contributed by atoms with E-state index in [4.69, 9.17) is 24.8 Å². The molecule has 0 unspecified atom stereocenters. The van der Waals surface area contributed by atoms with Crippen molar-refractivity contribution in [3.63, 3.8) is 0 Å². The number of aryl methyl sites for hydroxylation is 1. The van der Waals surface area contributed by atoms with Gasteiger partial charge in [0.15, 0.2) is 0 Å². The molecule has 0 atom stereocenters. The minimum Gasteiger partial charge on any atom is -0.508 e. The lowest BCUT2D eigenvalue weighted by atomic mass is 10.2. The van der Waals surface area contributed by atoms with Gasteiger partial charge >= 0.3 is 12.0 Å². The van der Waals surface area contributed by atoms with E-state index in [1.165, 1.54) is 6.07 Å². The molecule has 0 saturated heterocycles. The van der Waals surface area contributed by atoms with Crippen LogP contribution in [0.5, 0.6) is 11.5 Å². The van der Waals surface area contributed by atoms with E-state index in [1.807, 2.05) is 0 Å². The van der Waals surface area contributed by atoms with Gasteiger partial charge in [0.2, 0.25) is 34.8 Å². The van der Waals surface area contributed by atoms with Crippen molar-refractivity contribution in [2.45, 2.75) is 32.6 Å². The molecular weight excluding hydrogens is 665 g/mol. The number of nitrogens with two attached hydrogens (primary N) is 1. The largest absolute Gasteiger partial charge is 0.508 e. The summed E-state index contributed by atoms with van der Waals surface area (Å²) in [5.74, 6) is -8.61. The van der Waals surface area contributed by atoms with Gasteiger partial charge in [-0.1, -0.05) is 0 Å². The number of esters is 1. The Bertz CT molecular complexity index is 1390. The number of carbonyl (C=O) groups is 2. The van der Waals surface area contributed by atoms with Gasteiger partial charge in [-0.15, -0.1) is 0 Å². The zero-order chi connectivity index (χ0) is 36.0. The molecule has 13 nitrogen and oxygen atoms in total. The van der Waals surface area contributed by atoms with Gasteiger partial charge in [-0.05, 0) is 49.9 Å². The van der Waals surface area contributed by atoms with Crippen LogP contribution >= 0.6 is 0 Å². The molecule has 2 rings (SSSR count). The zero-order valence-corrected chi connectivity index (χ0v) is 26.9. The van der Waals surface area contributed by atoms with Crippen LogP contribution in [0.15, 0.2) is 28.3 Å². The number of hydrogen-bond acceptors (Lipinski definition) is 11. The summed E-state index contributed by atoms with van der Waals surface area (Å²) >= 11 is 0. The molecular formula is C31H40F5N5O8. The number of phenols is 1. The summed E-state index contributed by atoms with van der Waals surface area (Å²) in [5, 5.41) is 18.7. The normalized spacial score (nSPS) is 11.7. The Morgan fingerprint density at radius 2 is 1.39 bits per heavy atom. The van der Waals surface area contributed by atoms with Crippen molar-refractivity contribution >= 4 is 29.6 Å². The lowest BCUT2D eigenvalue weighted by Gasteiger charge is -2.09. The number of aromatic hydroxyl groups is 1. The number of aliphatic imine (C=N–C) groups is 1. The van der Waals surface area contributed by atoms with Crippen LogP contribution in [0.25, 0.3) is 0 Å². The Morgan fingerprint density at radius 3 is 1.98 bits per heavy atom. The van der Waals surface area contributed by atoms with Gasteiger partial charge in [-0.25, -0.2) is 18.0 Å². The highest BCUT2D eigenvalue weighted by Gasteiger charge is 2.28. The molecule has 18 heteroatoms. The standard InChI is InChI=1S/C31H40F5N5O8/c1-20-18-21(5-6-23(20)42)40-31(44)39-8-3-2-4-22(41-37)19-38-9-11-46-13-15-48-17-16-47-14-12-45-10-7-24(43)49-30-28(35)26(33)25(32)27(34)29(30)36/h5-6,18-19,42H,2-4,7-17,37H2,1H3,(H2,39,40,44)/b38-19?,41-22-. The molecule has 272 valence electrons. The topological polar surface area (TPSA) is 175 Å². The summed E-state index contributed by atoms with van der Waals surface area (Å²) in [6.07, 6.45) is 3.12. The lowest BCUT2D eigenvalue weighted by molar-refractivity contribution is -0.136. The third-order valence-corrected chi connectivity index (χ3v) is 6.32. The third kappa shape index (κ3) is 15.6. The number of anilines is 1. The van der Waals surface area contributed by atoms with E-state index in [2.05, 4.69) is 25.5 Å². The summed E-state index contributed by atoms with van der Waals surface area (Å²) in [5.41, 5.74) is 1.86. The highest BCUT2D eigenvalue weighted by Crippen LogP contribution is 2.29. The van der Waals surface area contributed by atoms with E-state index in [0.717, 1.165) is 6.42 Å². The summed E-state index contributed by atoms with van der Waals surface area (Å²) in [6, 6.07) is 4.46. The smallest absolute Gasteiger partial charge is 0.319 e. The maximum absolute atomic E-state index is 13.5. The first-order chi connectivity index (χ1) is 23.5. The monoisotopic (exact) mass is 705 g/mol. The van der Waals surface area contributed by atoms with Crippen LogP contribution in [0.2, 0.25) is 0 Å². The molecule has 0 aromatic heterocycles. The number of carbonyl (C=O) groups excluding carboxylic acids is 2. The van der Waals surface area contributed by atoms with Crippen LogP contribution in [-0.2, 0) is 23.7 Å². The highest BCUT2D eigenvalue weighted by molar-refractivity contribution is 6.30. The average molecular weight is 706 g/mol. The first-order valence-electron chi connectivity index (χ1n) is 15.2. The molecule has 0 fully saturated rings. The van der Waals surface area contributed by atoms with Gasteiger partial charge in [0, 0.05) is 18.4 Å². The van der Waals surface area contributed by atoms with Crippen LogP contribution in [0, 0.1) is 36.0 Å². The van der Waals surface area contributed by atoms with E-state index >= 15 is 0 Å². The number of phenolic OH excluding ortho intramolecular Hbond substituents is 1. The van der Waals surface area contributed by atoms with Crippen molar-refractivity contribution in [3.8, 4) is 11.5 Å². The first-order valence-corrected chi connectivity index (χ1v) is 15.2. The van der Waals surface area contributed by atoms with Crippen LogP contribution in [0.3, 0.4) is 0 Å². The number of ether oxygens (including phenoxy) is 5. The maximum Gasteiger partial charge on any atom is 0.319 e. The van der Waals surface area contributed by atoms with E-state index in [1.54, 1.807) is 25.3 Å². The van der Waals surface area contributed by atoms with E-state index in [0.29, 0.717) is 62.7 Å². The van der Waals surface area contributed by atoms with Crippen molar-refractivity contribution in [3.05, 3.63) is 52.8 Å². The number of amides is 2. The van der Waals surface area contributed by atoms with Gasteiger partial charge in [0.25, 0.3) is 0 Å². The van der Waals surface area contributed by atoms with Gasteiger partial charge in [0.05, 0.1) is 71.5 Å². The van der Waals surface area contributed by atoms with Crippen molar-refractivity contribution in [2.75, 3.05) is 71.3 Å². The average Bonchev–Trinajstić information content (AvgIpc) is 3.08. The van der Waals surface area contributed by atoms with Gasteiger partial charge in [0.1, 0.15) is 5.75 Å². The van der Waals surface area contributed by atoms with Gasteiger partial charge in [-0.2, -0.15) is 13.9 Å². The number of rotatable bonds is 23. The molecule has 2 aromatic rings. The number of hydrazone groups is 1. The second-order valence-electron chi connectivity index (χ2n) is 10.1. The second-order valence-corrected chi connectivity index (χ2v) is 10.1. The number of nitrogens with zero attached hydrogens (tertiary/aromatic N) is 2. The summed E-state index contributed by atoms with van der Waals surface area (Å²) in [7, 11) is 0. The lowest BCUT2D eigenvalue weighted by Crippen LogP contribution is -2.29. The Labute approximate surface area is 279 Å². The SMILES string of the molecule is Cc1cc(NC(=O)NCCCC/C(C=NCCOCCOCCOCCOCCC(=O)Oc2c(F)c(F)c(F)c(F)c2F)=N/N)ccc1O. The van der Waals surface area contributed by atoms with E-state index in [9.17, 15) is 36.6 Å². The highest BCUT2D eigenvalue weighted by atomic mass is 19.2. The van der Waals surface area contributed by atoms with Crippen molar-refractivity contribution in [1.82, 2.24) is 5.32 Å². The maximum atomic E-state index is 13.5. The van der Waals surface area contributed by atoms with Crippen LogP contribution in [0.4, 0.5) is 32.4 Å². The molecule has 0 heterocycles. The minimum absolute atomic E-state index is 0.0642. The number of unbranched alkanes of at least 4 members (excludes halogenated alkanes) is 1. The molecule has 0 radical (unpaired) electrons. The van der Waals surface area contributed by atoms with E-state index in [-0.39, 0.29) is 44.8 Å². The zero-order valence-electron chi connectivity index (χ0n) is 26.9. The van der Waals surface area contributed by atoms with E-state index < -0.39 is 47.2 Å². The van der Waals surface area contributed by atoms with Crippen molar-refractivity contribution in [2.24, 2.45) is 15.9 Å². The number of urea groups is 1. The van der Waals surface area contributed by atoms with Gasteiger partial charge in [-0.3, -0.25) is 9.79 Å². The molecule has 2 aromatic carbocycles. The summed E-state index contributed by atoms with van der Waals surface area (Å²) in [4.78, 5) is 27.9. The summed E-state index contributed by atoms with van der Waals surface area (Å²) < 4.78 is 91.9. The van der Waals surface area contributed by atoms with Crippen molar-refractivity contribution < 1.29 is 60.3 Å². The molecule has 49 heavy (non-hydrogen) atoms. The fraction of sp³-hybridized carbons (Fsp3) is 0.484. The molecule has 2 amide bonds. The molecule has 0 aliphatic carbocycles. The Balaban J connectivity index is 1.39. The first kappa shape index (κ1) is 40.8. The van der Waals surface area contributed by atoms with Crippen LogP contribution in [0.1, 0.15) is 31.2 Å². The van der Waals surface area contributed by atoms with Crippen molar-refractivity contribution in [1.29, 1.82) is 0 Å². The predicted octanol–water partition coefficient (Wildman–Crippen LogP) is 4.14. The van der Waals surface area contributed by atoms with Gasteiger partial charge < -0.3 is 45.3 Å². The Kier molecular flexibility index (Phi) is 19.2. The third-order valence-electron chi connectivity index (χ3n) is 6.32. The Hall–Kier alpha value is -4.39. The number of hydrogen-bond donors (Lipinski definition) is 4. The fourth-order valence-electron chi connectivity index (χ4n) is 3.75. The predicted molar refractivity (Wildman–Crippen MR) is 168 cm³/mol. The quantitative estimate of drug-likeness (QED) is 0.0127. The molecule has 0 spiro atoms. The number of benzene rings is 2. The summed E-state index contributed by atoms with van der Waals surface area (Å²) in [6.45, 7) is 4.13. The molecule has 5 N–H and O–H groups in total.